The second-order valence-electron chi connectivity index (χ2n) is 9.08. The molecule has 6 heteroatoms. The second kappa shape index (κ2) is 9.25. The molecule has 1 amide bonds. The number of aliphatic imine (C=N–C) groups is 1. The summed E-state index contributed by atoms with van der Waals surface area (Å²) in [6, 6.07) is 9.55. The summed E-state index contributed by atoms with van der Waals surface area (Å²) in [7, 11) is 0. The van der Waals surface area contributed by atoms with Gasteiger partial charge in [0.05, 0.1) is 0 Å². The van der Waals surface area contributed by atoms with Crippen molar-refractivity contribution in [1.29, 1.82) is 0 Å². The van der Waals surface area contributed by atoms with Crippen LogP contribution < -0.4 is 0 Å². The Morgan fingerprint density at radius 3 is 2.65 bits per heavy atom. The van der Waals surface area contributed by atoms with E-state index in [0.29, 0.717) is 25.4 Å². The van der Waals surface area contributed by atoms with Gasteiger partial charge in [-0.05, 0) is 44.1 Å². The summed E-state index contributed by atoms with van der Waals surface area (Å²) in [4.78, 5) is 34.0. The van der Waals surface area contributed by atoms with E-state index in [0.717, 1.165) is 44.2 Å². The summed E-state index contributed by atoms with van der Waals surface area (Å²) in [6.45, 7) is 5.43. The van der Waals surface area contributed by atoms with Gasteiger partial charge in [-0.1, -0.05) is 43.7 Å². The zero-order valence-electron chi connectivity index (χ0n) is 18.5. The van der Waals surface area contributed by atoms with E-state index < -0.39 is 6.04 Å². The smallest absolute Gasteiger partial charge is 0.257 e. The summed E-state index contributed by atoms with van der Waals surface area (Å²) in [5.74, 6) is 0.974. The van der Waals surface area contributed by atoms with Crippen LogP contribution in [-0.2, 0) is 9.59 Å². The van der Waals surface area contributed by atoms with Crippen LogP contribution in [0.4, 0.5) is 0 Å². The van der Waals surface area contributed by atoms with Crippen molar-refractivity contribution in [3.05, 3.63) is 47.4 Å². The van der Waals surface area contributed by atoms with Gasteiger partial charge >= 0.3 is 0 Å². The maximum Gasteiger partial charge on any atom is 0.257 e. The molecule has 2 heterocycles. The fraction of sp³-hybridized carbons (Fsp3) is 0.560. The molecule has 1 N–H and O–H groups in total. The molecule has 0 bridgehead atoms. The number of aliphatic hydroxyl groups excluding tert-OH is 1. The maximum absolute atomic E-state index is 13.5. The van der Waals surface area contributed by atoms with E-state index in [1.807, 2.05) is 23.1 Å². The number of amidine groups is 1. The number of aliphatic hydroxyl groups is 1. The Morgan fingerprint density at radius 2 is 2.00 bits per heavy atom. The van der Waals surface area contributed by atoms with Crippen molar-refractivity contribution >= 4 is 18.0 Å². The van der Waals surface area contributed by atoms with Crippen LogP contribution in [0, 0.1) is 5.92 Å². The van der Waals surface area contributed by atoms with Crippen LogP contribution in [0.3, 0.4) is 0 Å². The first-order valence-corrected chi connectivity index (χ1v) is 11.6. The monoisotopic (exact) mass is 423 g/mol. The number of carbonyl (C=O) groups is 2. The van der Waals surface area contributed by atoms with Crippen LogP contribution >= 0.6 is 0 Å². The molecular formula is C25H33N3O3. The van der Waals surface area contributed by atoms with Crippen LogP contribution in [0.5, 0.6) is 0 Å². The highest BCUT2D eigenvalue weighted by Crippen LogP contribution is 2.39. The van der Waals surface area contributed by atoms with Gasteiger partial charge in [0, 0.05) is 31.5 Å². The van der Waals surface area contributed by atoms with Gasteiger partial charge in [0.1, 0.15) is 23.7 Å². The summed E-state index contributed by atoms with van der Waals surface area (Å²) in [5, 5.41) is 10.8. The number of carbonyl (C=O) groups excluding carboxylic acids is 2. The molecule has 1 aliphatic carbocycles. The van der Waals surface area contributed by atoms with Crippen LogP contribution in [0.1, 0.15) is 63.9 Å². The molecule has 1 aromatic rings. The highest BCUT2D eigenvalue weighted by atomic mass is 16.3. The molecule has 1 unspecified atom stereocenters. The van der Waals surface area contributed by atoms with Crippen molar-refractivity contribution < 1.29 is 14.7 Å². The lowest BCUT2D eigenvalue weighted by Crippen LogP contribution is -2.53. The molecule has 1 saturated heterocycles. The third-order valence-electron chi connectivity index (χ3n) is 6.97. The van der Waals surface area contributed by atoms with E-state index in [2.05, 4.69) is 31.0 Å². The van der Waals surface area contributed by atoms with Crippen LogP contribution in [0.25, 0.3) is 0 Å². The van der Waals surface area contributed by atoms with Crippen LogP contribution in [0.15, 0.2) is 46.8 Å². The third-order valence-corrected chi connectivity index (χ3v) is 6.97. The van der Waals surface area contributed by atoms with E-state index in [4.69, 9.17) is 0 Å². The quantitative estimate of drug-likeness (QED) is 0.641. The lowest BCUT2D eigenvalue weighted by atomic mass is 9.98. The second-order valence-corrected chi connectivity index (χ2v) is 9.08. The van der Waals surface area contributed by atoms with Crippen LogP contribution in [-0.4, -0.2) is 58.1 Å². The molecule has 3 aliphatic rings. The molecule has 166 valence electrons. The van der Waals surface area contributed by atoms with Gasteiger partial charge in [0.25, 0.3) is 5.91 Å². The minimum Gasteiger partial charge on any atom is -0.493 e. The largest absolute Gasteiger partial charge is 0.493 e. The van der Waals surface area contributed by atoms with E-state index in [1.54, 1.807) is 4.90 Å². The number of aldehydes is 1. The summed E-state index contributed by atoms with van der Waals surface area (Å²) < 4.78 is 0. The molecule has 1 saturated carbocycles. The molecule has 2 fully saturated rings. The number of unbranched alkanes of at least 4 members (excludes halogenated alkanes) is 1. The van der Waals surface area contributed by atoms with Crippen molar-refractivity contribution in [3.63, 3.8) is 0 Å². The number of hydrogen-bond acceptors (Lipinski definition) is 5. The zero-order chi connectivity index (χ0) is 22.0. The topological polar surface area (TPSA) is 73.2 Å². The molecule has 2 aliphatic heterocycles. The van der Waals surface area contributed by atoms with Gasteiger partial charge < -0.3 is 19.7 Å². The zero-order valence-corrected chi connectivity index (χ0v) is 18.5. The number of rotatable bonds is 8. The first-order valence-electron chi connectivity index (χ1n) is 11.6. The normalized spacial score (nSPS) is 24.9. The Kier molecular flexibility index (Phi) is 6.44. The average molecular weight is 424 g/mol. The fourth-order valence-electron chi connectivity index (χ4n) is 4.95. The third kappa shape index (κ3) is 4.39. The standard InChI is InChI=1S/C25H33N3O3/c1-3-4-10-22-26-24(30)23(21(16-29)28(22)17(2)18-11-12-18)25(31)27-14-13-20(15-27)19-8-6-5-7-9-19/h5-9,16-18,20-21,30H,3-4,10-15H2,1-2H3/t17-,20-,21?/m1/s1. The maximum atomic E-state index is 13.5. The van der Waals surface area contributed by atoms with Gasteiger partial charge in [-0.25, -0.2) is 4.99 Å². The molecule has 6 nitrogen and oxygen atoms in total. The van der Waals surface area contributed by atoms with Crippen molar-refractivity contribution in [1.82, 2.24) is 9.80 Å². The van der Waals surface area contributed by atoms with E-state index >= 15 is 0 Å². The SMILES string of the molecule is CCCCC1=NC(O)=C(C(=O)N2CC[C@@H](c3ccccc3)C2)C(C=O)N1[C@H](C)C1CC1. The predicted molar refractivity (Wildman–Crippen MR) is 121 cm³/mol. The lowest BCUT2D eigenvalue weighted by molar-refractivity contribution is -0.128. The molecule has 3 atom stereocenters. The Balaban J connectivity index is 1.59. The number of amides is 1. The molecule has 4 rings (SSSR count). The molecular weight excluding hydrogens is 390 g/mol. The molecule has 1 aromatic carbocycles. The van der Waals surface area contributed by atoms with Gasteiger partial charge in [-0.15, -0.1) is 0 Å². The summed E-state index contributed by atoms with van der Waals surface area (Å²) in [5.41, 5.74) is 1.35. The summed E-state index contributed by atoms with van der Waals surface area (Å²) in [6.07, 6.45) is 6.59. The highest BCUT2D eigenvalue weighted by molar-refractivity contribution is 6.02. The van der Waals surface area contributed by atoms with E-state index in [-0.39, 0.29) is 29.3 Å². The summed E-state index contributed by atoms with van der Waals surface area (Å²) >= 11 is 0. The number of likely N-dealkylation sites (tertiary alicyclic amines) is 1. The Bertz CT molecular complexity index is 875. The molecule has 0 spiro atoms. The van der Waals surface area contributed by atoms with Crippen LogP contribution in [0.2, 0.25) is 0 Å². The number of benzene rings is 1. The minimum absolute atomic E-state index is 0.123. The Labute approximate surface area is 184 Å². The molecule has 0 aromatic heterocycles. The first kappa shape index (κ1) is 21.6. The van der Waals surface area contributed by atoms with Gasteiger partial charge in [-0.3, -0.25) is 4.79 Å². The minimum atomic E-state index is -0.775. The Morgan fingerprint density at radius 1 is 1.26 bits per heavy atom. The lowest BCUT2D eigenvalue weighted by Gasteiger charge is -2.40. The van der Waals surface area contributed by atoms with Crippen molar-refractivity contribution in [2.45, 2.75) is 70.4 Å². The van der Waals surface area contributed by atoms with E-state index in [9.17, 15) is 14.7 Å². The molecule has 0 radical (unpaired) electrons. The van der Waals surface area contributed by atoms with Gasteiger partial charge in [-0.2, -0.15) is 0 Å². The fourth-order valence-corrected chi connectivity index (χ4v) is 4.95. The van der Waals surface area contributed by atoms with Crippen molar-refractivity contribution in [2.75, 3.05) is 13.1 Å². The number of nitrogens with zero attached hydrogens (tertiary/aromatic N) is 3. The van der Waals surface area contributed by atoms with Crippen molar-refractivity contribution in [2.24, 2.45) is 10.9 Å². The van der Waals surface area contributed by atoms with E-state index in [1.165, 1.54) is 5.56 Å². The molecule has 31 heavy (non-hydrogen) atoms. The van der Waals surface area contributed by atoms with Gasteiger partial charge in [0.2, 0.25) is 5.88 Å². The number of hydrogen-bond donors (Lipinski definition) is 1. The average Bonchev–Trinajstić information content (AvgIpc) is 3.53. The predicted octanol–water partition coefficient (Wildman–Crippen LogP) is 4.04. The van der Waals surface area contributed by atoms with Gasteiger partial charge in [0.15, 0.2) is 0 Å². The van der Waals surface area contributed by atoms with Crippen molar-refractivity contribution in [3.8, 4) is 0 Å². The Hall–Kier alpha value is -2.63. The highest BCUT2D eigenvalue weighted by Gasteiger charge is 2.44. The first-order chi connectivity index (χ1) is 15.0.